The van der Waals surface area contributed by atoms with Gasteiger partial charge in [0.1, 0.15) is 0 Å². The molecule has 0 saturated heterocycles. The van der Waals surface area contributed by atoms with Crippen molar-refractivity contribution in [3.63, 3.8) is 0 Å². The zero-order chi connectivity index (χ0) is 14.9. The summed E-state index contributed by atoms with van der Waals surface area (Å²) in [7, 11) is 0. The number of anilines is 2. The van der Waals surface area contributed by atoms with Crippen LogP contribution in [0.4, 0.5) is 11.4 Å². The normalized spacial score (nSPS) is 14.7. The Morgan fingerprint density at radius 3 is 1.77 bits per heavy atom. The van der Waals surface area contributed by atoms with Crippen LogP contribution in [0.15, 0.2) is 75.5 Å². The van der Waals surface area contributed by atoms with Gasteiger partial charge >= 0.3 is 0 Å². The highest BCUT2D eigenvalue weighted by Gasteiger charge is 2.14. The second-order valence-electron chi connectivity index (χ2n) is 4.77. The molecule has 2 aliphatic rings. The largest absolute Gasteiger partial charge is 0.289 e. The van der Waals surface area contributed by atoms with Crippen molar-refractivity contribution in [3.05, 3.63) is 65.7 Å². The summed E-state index contributed by atoms with van der Waals surface area (Å²) in [4.78, 5) is 12.1. The standard InChI is InChI=1S/C15H10N6O/c22-15(12-4-8-14(9-5-12)21-18-19-21)10-3-11-1-6-13(7-2-11)20-16-17-20/h1-10H/b10-3+. The summed E-state index contributed by atoms with van der Waals surface area (Å²) in [6.45, 7) is 0. The van der Waals surface area contributed by atoms with Crippen LogP contribution in [-0.4, -0.2) is 5.78 Å². The SMILES string of the molecule is O=C(/C=C/c1ccc(N2N=N2)cc1)c1ccc(N2N=N2)cc1. The van der Waals surface area contributed by atoms with Gasteiger partial charge in [0.25, 0.3) is 0 Å². The molecular weight excluding hydrogens is 280 g/mol. The smallest absolute Gasteiger partial charge is 0.185 e. The molecule has 2 aliphatic heterocycles. The van der Waals surface area contributed by atoms with Crippen molar-refractivity contribution in [3.8, 4) is 0 Å². The first-order valence-corrected chi connectivity index (χ1v) is 6.65. The van der Waals surface area contributed by atoms with Crippen molar-refractivity contribution >= 4 is 23.2 Å². The third-order valence-corrected chi connectivity index (χ3v) is 3.29. The van der Waals surface area contributed by atoms with Crippen molar-refractivity contribution in [2.75, 3.05) is 10.2 Å². The van der Waals surface area contributed by atoms with Crippen LogP contribution in [0, 0.1) is 0 Å². The monoisotopic (exact) mass is 290 g/mol. The highest BCUT2D eigenvalue weighted by molar-refractivity contribution is 6.07. The third kappa shape index (κ3) is 2.59. The molecule has 22 heavy (non-hydrogen) atoms. The van der Waals surface area contributed by atoms with E-state index in [-0.39, 0.29) is 5.78 Å². The average molecular weight is 290 g/mol. The van der Waals surface area contributed by atoms with Crippen molar-refractivity contribution in [1.82, 2.24) is 0 Å². The molecule has 0 aromatic heterocycles. The van der Waals surface area contributed by atoms with Gasteiger partial charge in [0.15, 0.2) is 5.78 Å². The molecule has 7 nitrogen and oxygen atoms in total. The van der Waals surface area contributed by atoms with Crippen LogP contribution in [0.2, 0.25) is 0 Å². The molecule has 2 heterocycles. The Balaban J connectivity index is 1.43. The molecule has 0 amide bonds. The Labute approximate surface area is 125 Å². The Bertz CT molecular complexity index is 795. The van der Waals surface area contributed by atoms with E-state index in [1.54, 1.807) is 24.3 Å². The fourth-order valence-corrected chi connectivity index (χ4v) is 1.99. The molecule has 4 rings (SSSR count). The quantitative estimate of drug-likeness (QED) is 0.621. The van der Waals surface area contributed by atoms with E-state index >= 15 is 0 Å². The second-order valence-corrected chi connectivity index (χ2v) is 4.77. The lowest BCUT2D eigenvalue weighted by Crippen LogP contribution is -1.95. The van der Waals surface area contributed by atoms with E-state index in [0.717, 1.165) is 16.9 Å². The summed E-state index contributed by atoms with van der Waals surface area (Å²) in [5.41, 5.74) is 3.32. The average Bonchev–Trinajstić information content (AvgIpc) is 3.45. The van der Waals surface area contributed by atoms with Gasteiger partial charge in [-0.2, -0.15) is 0 Å². The lowest BCUT2D eigenvalue weighted by molar-refractivity contribution is 0.104. The Hall–Kier alpha value is -3.35. The molecule has 0 saturated carbocycles. The van der Waals surface area contributed by atoms with Crippen LogP contribution >= 0.6 is 0 Å². The predicted molar refractivity (Wildman–Crippen MR) is 80.9 cm³/mol. The maximum Gasteiger partial charge on any atom is 0.185 e. The summed E-state index contributed by atoms with van der Waals surface area (Å²) in [6.07, 6.45) is 3.34. The van der Waals surface area contributed by atoms with Gasteiger partial charge < -0.3 is 0 Å². The van der Waals surface area contributed by atoms with Crippen LogP contribution in [0.25, 0.3) is 6.08 Å². The van der Waals surface area contributed by atoms with Crippen LogP contribution in [-0.2, 0) is 0 Å². The molecule has 2 aromatic rings. The predicted octanol–water partition coefficient (Wildman–Crippen LogP) is 3.79. The lowest BCUT2D eigenvalue weighted by atomic mass is 10.1. The van der Waals surface area contributed by atoms with Gasteiger partial charge in [-0.15, -0.1) is 10.2 Å². The van der Waals surface area contributed by atoms with Crippen LogP contribution < -0.4 is 10.2 Å². The van der Waals surface area contributed by atoms with Gasteiger partial charge in [0.2, 0.25) is 0 Å². The Morgan fingerprint density at radius 2 is 1.27 bits per heavy atom. The molecule has 0 spiro atoms. The number of hydrogen-bond acceptors (Lipinski definition) is 7. The molecule has 0 bridgehead atoms. The van der Waals surface area contributed by atoms with Gasteiger partial charge in [0, 0.05) is 5.56 Å². The van der Waals surface area contributed by atoms with Gasteiger partial charge in [-0.05, 0) is 68.9 Å². The van der Waals surface area contributed by atoms with E-state index in [9.17, 15) is 4.79 Å². The summed E-state index contributed by atoms with van der Waals surface area (Å²) in [6, 6.07) is 14.8. The molecule has 0 unspecified atom stereocenters. The fraction of sp³-hybridized carbons (Fsp3) is 0. The minimum atomic E-state index is -0.0498. The fourth-order valence-electron chi connectivity index (χ4n) is 1.99. The molecule has 0 aliphatic carbocycles. The first-order valence-electron chi connectivity index (χ1n) is 6.65. The van der Waals surface area contributed by atoms with Gasteiger partial charge in [-0.25, -0.2) is 0 Å². The summed E-state index contributed by atoms with van der Waals surface area (Å²) >= 11 is 0. The topological polar surface area (TPSA) is 72.5 Å². The van der Waals surface area contributed by atoms with E-state index in [0.29, 0.717) is 5.56 Å². The zero-order valence-corrected chi connectivity index (χ0v) is 11.4. The molecule has 0 fully saturated rings. The maximum atomic E-state index is 12.1. The highest BCUT2D eigenvalue weighted by Crippen LogP contribution is 2.24. The number of carbonyl (C=O) groups is 1. The van der Waals surface area contributed by atoms with Crippen molar-refractivity contribution in [2.45, 2.75) is 0 Å². The summed E-state index contributed by atoms with van der Waals surface area (Å²) in [5.74, 6) is -0.0498. The molecule has 106 valence electrons. The first kappa shape index (κ1) is 12.4. The molecule has 7 heteroatoms. The minimum absolute atomic E-state index is 0.0498. The van der Waals surface area contributed by atoms with Crippen LogP contribution in [0.3, 0.4) is 0 Å². The zero-order valence-electron chi connectivity index (χ0n) is 11.4. The number of allylic oxidation sites excluding steroid dienone is 1. The van der Waals surface area contributed by atoms with Crippen molar-refractivity contribution in [2.24, 2.45) is 20.9 Å². The number of nitrogens with zero attached hydrogens (tertiary/aromatic N) is 6. The van der Waals surface area contributed by atoms with Crippen molar-refractivity contribution in [1.29, 1.82) is 0 Å². The number of carbonyl (C=O) groups excluding carboxylic acids is 1. The molecular formula is C15H10N6O. The van der Waals surface area contributed by atoms with Gasteiger partial charge in [-0.1, -0.05) is 18.2 Å². The summed E-state index contributed by atoms with van der Waals surface area (Å²) < 4.78 is 0. The van der Waals surface area contributed by atoms with Crippen molar-refractivity contribution < 1.29 is 4.79 Å². The third-order valence-electron chi connectivity index (χ3n) is 3.29. The minimum Gasteiger partial charge on any atom is -0.289 e. The molecule has 0 atom stereocenters. The van der Waals surface area contributed by atoms with Crippen LogP contribution in [0.1, 0.15) is 15.9 Å². The Morgan fingerprint density at radius 1 is 0.773 bits per heavy atom. The number of rotatable bonds is 5. The second kappa shape index (κ2) is 4.88. The first-order chi connectivity index (χ1) is 10.8. The molecule has 0 radical (unpaired) electrons. The molecule has 0 N–H and O–H groups in total. The summed E-state index contributed by atoms with van der Waals surface area (Å²) in [5, 5.41) is 17.8. The van der Waals surface area contributed by atoms with E-state index in [1.807, 2.05) is 36.4 Å². The van der Waals surface area contributed by atoms with E-state index in [1.165, 1.54) is 10.2 Å². The van der Waals surface area contributed by atoms with Gasteiger partial charge in [0.05, 0.1) is 11.4 Å². The lowest BCUT2D eigenvalue weighted by Gasteiger charge is -2.00. The van der Waals surface area contributed by atoms with E-state index in [4.69, 9.17) is 0 Å². The van der Waals surface area contributed by atoms with E-state index in [2.05, 4.69) is 20.9 Å². The maximum absolute atomic E-state index is 12.1. The number of ketones is 1. The van der Waals surface area contributed by atoms with Gasteiger partial charge in [-0.3, -0.25) is 4.79 Å². The van der Waals surface area contributed by atoms with Crippen LogP contribution in [0.5, 0.6) is 0 Å². The Kier molecular flexibility index (Phi) is 2.75. The van der Waals surface area contributed by atoms with E-state index < -0.39 is 0 Å². The number of hydrogen-bond donors (Lipinski definition) is 0. The highest BCUT2D eigenvalue weighted by atomic mass is 16.1. The molecule has 2 aromatic carbocycles. The number of benzene rings is 2.